The molecule has 2 rings (SSSR count). The molecule has 0 fully saturated rings. The summed E-state index contributed by atoms with van der Waals surface area (Å²) in [5.74, 6) is -0.761. The third kappa shape index (κ3) is 4.95. The molecule has 1 aromatic heterocycles. The van der Waals surface area contributed by atoms with Gasteiger partial charge in [-0.25, -0.2) is 0 Å². The summed E-state index contributed by atoms with van der Waals surface area (Å²) in [5.41, 5.74) is 0.852. The summed E-state index contributed by atoms with van der Waals surface area (Å²) in [6.07, 6.45) is 0.760. The zero-order valence-corrected chi connectivity index (χ0v) is 16.1. The van der Waals surface area contributed by atoms with Gasteiger partial charge in [0.2, 0.25) is 5.91 Å². The highest BCUT2D eigenvalue weighted by atomic mass is 32.1. The third-order valence-electron chi connectivity index (χ3n) is 4.07. The molecule has 26 heavy (non-hydrogen) atoms. The fourth-order valence-electron chi connectivity index (χ4n) is 2.20. The highest BCUT2D eigenvalue weighted by Gasteiger charge is 2.25. The minimum atomic E-state index is -0.418. The molecular weight excluding hydrogens is 352 g/mol. The Morgan fingerprint density at radius 1 is 1.19 bits per heavy atom. The van der Waals surface area contributed by atoms with Crippen molar-refractivity contribution < 1.29 is 14.4 Å². The predicted octanol–water partition coefficient (Wildman–Crippen LogP) is 2.69. The number of carbonyl (C=O) groups is 3. The van der Waals surface area contributed by atoms with Gasteiger partial charge in [0, 0.05) is 22.2 Å². The largest absolute Gasteiger partial charge is 0.350 e. The Hall–Kier alpha value is -2.61. The normalized spacial score (nSPS) is 11.1. The van der Waals surface area contributed by atoms with Crippen molar-refractivity contribution in [2.75, 3.05) is 11.4 Å². The van der Waals surface area contributed by atoms with E-state index in [1.807, 2.05) is 20.8 Å². The van der Waals surface area contributed by atoms with Gasteiger partial charge in [-0.05, 0) is 63.0 Å². The Kier molecular flexibility index (Phi) is 6.20. The summed E-state index contributed by atoms with van der Waals surface area (Å²) in [4.78, 5) is 38.0. The first-order valence-corrected chi connectivity index (χ1v) is 9.08. The van der Waals surface area contributed by atoms with Gasteiger partial charge < -0.3 is 5.32 Å². The molecule has 0 radical (unpaired) electrons. The van der Waals surface area contributed by atoms with Crippen LogP contribution in [0.3, 0.4) is 0 Å². The fraction of sp³-hybridized carbons (Fsp3) is 0.389. The molecule has 1 aromatic carbocycles. The average molecular weight is 374 g/mol. The molecule has 1 N–H and O–H groups in total. The molecule has 0 spiro atoms. The van der Waals surface area contributed by atoms with Crippen LogP contribution >= 0.6 is 11.5 Å². The standard InChI is InChI=1S/C18H22N4O3S/c1-5-18(3,4)19-16(24)10-22(17(25)15-11-26-21-20-15)14-8-6-13(7-9-14)12(2)23/h6-9,11H,5,10H2,1-4H3,(H,19,24). The summed E-state index contributed by atoms with van der Waals surface area (Å²) >= 11 is 1.07. The first-order chi connectivity index (χ1) is 12.2. The lowest BCUT2D eigenvalue weighted by molar-refractivity contribution is -0.121. The Morgan fingerprint density at radius 2 is 1.85 bits per heavy atom. The van der Waals surface area contributed by atoms with E-state index in [0.717, 1.165) is 18.0 Å². The van der Waals surface area contributed by atoms with Gasteiger partial charge in [-0.15, -0.1) is 5.10 Å². The lowest BCUT2D eigenvalue weighted by Crippen LogP contribution is -2.48. The second-order valence-corrected chi connectivity index (χ2v) is 7.18. The number of Topliss-reactive ketones (excluding diaryl/α,β-unsaturated/α-hetero) is 1. The number of aromatic nitrogens is 2. The number of rotatable bonds is 7. The minimum absolute atomic E-state index is 0.0689. The summed E-state index contributed by atoms with van der Waals surface area (Å²) in [6, 6.07) is 6.55. The first-order valence-electron chi connectivity index (χ1n) is 8.24. The molecule has 0 atom stereocenters. The quantitative estimate of drug-likeness (QED) is 0.752. The summed E-state index contributed by atoms with van der Waals surface area (Å²) in [7, 11) is 0. The summed E-state index contributed by atoms with van der Waals surface area (Å²) in [5, 5.41) is 8.25. The van der Waals surface area contributed by atoms with Crippen LogP contribution in [0.1, 0.15) is 55.0 Å². The van der Waals surface area contributed by atoms with E-state index in [9.17, 15) is 14.4 Å². The third-order valence-corrected chi connectivity index (χ3v) is 4.58. The van der Waals surface area contributed by atoms with Crippen LogP contribution in [0.5, 0.6) is 0 Å². The van der Waals surface area contributed by atoms with Crippen LogP contribution in [0.4, 0.5) is 5.69 Å². The van der Waals surface area contributed by atoms with Crippen LogP contribution in [-0.4, -0.2) is 39.3 Å². The second-order valence-electron chi connectivity index (χ2n) is 6.57. The SMILES string of the molecule is CCC(C)(C)NC(=O)CN(C(=O)c1csnn1)c1ccc(C(C)=O)cc1. The lowest BCUT2D eigenvalue weighted by atomic mass is 10.0. The molecule has 2 amide bonds. The van der Waals surface area contributed by atoms with Gasteiger partial charge in [0.15, 0.2) is 11.5 Å². The molecule has 0 aliphatic rings. The fourth-order valence-corrected chi connectivity index (χ4v) is 2.63. The van der Waals surface area contributed by atoms with E-state index in [0.29, 0.717) is 11.3 Å². The van der Waals surface area contributed by atoms with Crippen LogP contribution < -0.4 is 10.2 Å². The molecule has 8 heteroatoms. The zero-order chi connectivity index (χ0) is 19.3. The Labute approximate surface area is 156 Å². The molecule has 0 aliphatic carbocycles. The number of anilines is 1. The van der Waals surface area contributed by atoms with Crippen molar-refractivity contribution in [3.63, 3.8) is 0 Å². The van der Waals surface area contributed by atoms with E-state index in [-0.39, 0.29) is 29.5 Å². The van der Waals surface area contributed by atoms with Gasteiger partial charge in [0.05, 0.1) is 0 Å². The van der Waals surface area contributed by atoms with E-state index >= 15 is 0 Å². The van der Waals surface area contributed by atoms with Crippen molar-refractivity contribution in [1.82, 2.24) is 14.9 Å². The molecule has 1 heterocycles. The van der Waals surface area contributed by atoms with Crippen LogP contribution in [0.15, 0.2) is 29.6 Å². The number of nitrogens with zero attached hydrogens (tertiary/aromatic N) is 3. The minimum Gasteiger partial charge on any atom is -0.350 e. The number of amides is 2. The molecule has 0 saturated heterocycles. The molecular formula is C18H22N4O3S. The summed E-state index contributed by atoms with van der Waals surface area (Å²) < 4.78 is 3.71. The van der Waals surface area contributed by atoms with E-state index in [4.69, 9.17) is 0 Å². The van der Waals surface area contributed by atoms with E-state index in [1.54, 1.807) is 24.3 Å². The highest BCUT2D eigenvalue weighted by molar-refractivity contribution is 7.03. The lowest BCUT2D eigenvalue weighted by Gasteiger charge is -2.27. The monoisotopic (exact) mass is 374 g/mol. The number of benzene rings is 1. The molecule has 7 nitrogen and oxygen atoms in total. The highest BCUT2D eigenvalue weighted by Crippen LogP contribution is 2.19. The second kappa shape index (κ2) is 8.18. The number of hydrogen-bond acceptors (Lipinski definition) is 6. The topological polar surface area (TPSA) is 92.3 Å². The molecule has 0 aliphatic heterocycles. The smallest absolute Gasteiger partial charge is 0.280 e. The van der Waals surface area contributed by atoms with Crippen molar-refractivity contribution in [2.24, 2.45) is 0 Å². The van der Waals surface area contributed by atoms with Crippen molar-refractivity contribution >= 4 is 34.8 Å². The van der Waals surface area contributed by atoms with Crippen molar-refractivity contribution in [3.05, 3.63) is 40.9 Å². The van der Waals surface area contributed by atoms with E-state index < -0.39 is 5.91 Å². The van der Waals surface area contributed by atoms with Crippen molar-refractivity contribution in [2.45, 2.75) is 39.7 Å². The van der Waals surface area contributed by atoms with Crippen LogP contribution in [0.2, 0.25) is 0 Å². The molecule has 2 aromatic rings. The van der Waals surface area contributed by atoms with Gasteiger partial charge in [0.25, 0.3) is 5.91 Å². The molecule has 138 valence electrons. The van der Waals surface area contributed by atoms with E-state index in [1.165, 1.54) is 17.2 Å². The number of nitrogens with one attached hydrogen (secondary N) is 1. The average Bonchev–Trinajstić information content (AvgIpc) is 3.13. The molecule has 0 unspecified atom stereocenters. The molecule has 0 bridgehead atoms. The van der Waals surface area contributed by atoms with Crippen LogP contribution in [-0.2, 0) is 4.79 Å². The maximum Gasteiger partial charge on any atom is 0.280 e. The van der Waals surface area contributed by atoms with Crippen molar-refractivity contribution in [1.29, 1.82) is 0 Å². The van der Waals surface area contributed by atoms with Gasteiger partial charge in [-0.3, -0.25) is 19.3 Å². The van der Waals surface area contributed by atoms with Crippen LogP contribution in [0.25, 0.3) is 0 Å². The number of hydrogen-bond donors (Lipinski definition) is 1. The predicted molar refractivity (Wildman–Crippen MR) is 101 cm³/mol. The first kappa shape index (κ1) is 19.7. The Balaban J connectivity index is 2.28. The van der Waals surface area contributed by atoms with Gasteiger partial charge in [-0.2, -0.15) is 0 Å². The number of ketones is 1. The van der Waals surface area contributed by atoms with E-state index in [2.05, 4.69) is 14.9 Å². The van der Waals surface area contributed by atoms with Gasteiger partial charge in [0.1, 0.15) is 6.54 Å². The zero-order valence-electron chi connectivity index (χ0n) is 15.3. The summed E-state index contributed by atoms with van der Waals surface area (Å²) in [6.45, 7) is 7.13. The number of carbonyl (C=O) groups excluding carboxylic acids is 3. The maximum atomic E-state index is 12.8. The van der Waals surface area contributed by atoms with Gasteiger partial charge in [-0.1, -0.05) is 11.4 Å². The maximum absolute atomic E-state index is 12.8. The van der Waals surface area contributed by atoms with Gasteiger partial charge >= 0.3 is 0 Å². The Bertz CT molecular complexity index is 785. The van der Waals surface area contributed by atoms with Crippen molar-refractivity contribution in [3.8, 4) is 0 Å². The van der Waals surface area contributed by atoms with Crippen LogP contribution in [0, 0.1) is 0 Å². The molecule has 0 saturated carbocycles. The Morgan fingerprint density at radius 3 is 2.35 bits per heavy atom.